The van der Waals surface area contributed by atoms with Crippen LogP contribution in [0.5, 0.6) is 0 Å². The number of aromatic nitrogens is 2. The highest BCUT2D eigenvalue weighted by Crippen LogP contribution is 2.26. The molecule has 2 amide bonds. The lowest BCUT2D eigenvalue weighted by Gasteiger charge is -2.30. The molecule has 31 heavy (non-hydrogen) atoms. The monoisotopic (exact) mass is 455 g/mol. The first-order chi connectivity index (χ1) is 15.0. The third-order valence-electron chi connectivity index (χ3n) is 5.37. The van der Waals surface area contributed by atoms with Gasteiger partial charge in [0.1, 0.15) is 0 Å². The second-order valence-electron chi connectivity index (χ2n) is 7.73. The summed E-state index contributed by atoms with van der Waals surface area (Å²) >= 11 is 11.9. The van der Waals surface area contributed by atoms with Gasteiger partial charge in [-0.3, -0.25) is 0 Å². The van der Waals surface area contributed by atoms with E-state index in [9.17, 15) is 4.79 Å². The molecule has 4 rings (SSSR count). The highest BCUT2D eigenvalue weighted by Gasteiger charge is 2.17. The van der Waals surface area contributed by atoms with Crippen molar-refractivity contribution in [3.8, 4) is 11.3 Å². The van der Waals surface area contributed by atoms with E-state index in [-0.39, 0.29) is 6.03 Å². The number of amides is 2. The van der Waals surface area contributed by atoms with Gasteiger partial charge in [0.2, 0.25) is 0 Å². The lowest BCUT2D eigenvalue weighted by molar-refractivity contribution is 0.262. The Morgan fingerprint density at radius 2 is 1.58 bits per heavy atom. The van der Waals surface area contributed by atoms with Crippen LogP contribution in [0, 0.1) is 5.92 Å². The van der Waals surface area contributed by atoms with Crippen LogP contribution in [0.1, 0.15) is 19.8 Å². The first-order valence-electron chi connectivity index (χ1n) is 10.2. The highest BCUT2D eigenvalue weighted by molar-refractivity contribution is 6.42. The molecule has 160 valence electrons. The predicted octanol–water partition coefficient (Wildman–Crippen LogP) is 6.33. The van der Waals surface area contributed by atoms with E-state index in [1.807, 2.05) is 36.4 Å². The number of carbonyl (C=O) groups excluding carboxylic acids is 1. The Labute approximate surface area is 191 Å². The van der Waals surface area contributed by atoms with Crippen LogP contribution < -0.4 is 15.5 Å². The average Bonchev–Trinajstić information content (AvgIpc) is 2.77. The topological polar surface area (TPSA) is 70.2 Å². The van der Waals surface area contributed by atoms with Gasteiger partial charge in [-0.25, -0.2) is 4.79 Å². The van der Waals surface area contributed by atoms with Crippen molar-refractivity contribution in [2.45, 2.75) is 19.8 Å². The van der Waals surface area contributed by atoms with Gasteiger partial charge in [0.25, 0.3) is 0 Å². The number of hydrogen-bond donors (Lipinski definition) is 2. The summed E-state index contributed by atoms with van der Waals surface area (Å²) in [6.45, 7) is 4.35. The van der Waals surface area contributed by atoms with Crippen molar-refractivity contribution >= 4 is 46.4 Å². The van der Waals surface area contributed by atoms with Crippen molar-refractivity contribution in [1.29, 1.82) is 0 Å². The van der Waals surface area contributed by atoms with E-state index in [2.05, 4.69) is 32.7 Å². The normalized spacial score (nSPS) is 14.4. The van der Waals surface area contributed by atoms with Crippen molar-refractivity contribution in [3.63, 3.8) is 0 Å². The minimum absolute atomic E-state index is 0.369. The van der Waals surface area contributed by atoms with Crippen LogP contribution in [0.2, 0.25) is 10.0 Å². The molecular formula is C23H23Cl2N5O. The molecule has 1 saturated heterocycles. The summed E-state index contributed by atoms with van der Waals surface area (Å²) in [5.74, 6) is 1.70. The maximum Gasteiger partial charge on any atom is 0.323 e. The molecule has 0 unspecified atom stereocenters. The second kappa shape index (κ2) is 9.54. The summed E-state index contributed by atoms with van der Waals surface area (Å²) in [7, 11) is 0. The summed E-state index contributed by atoms with van der Waals surface area (Å²) in [6.07, 6.45) is 2.38. The first-order valence-corrected chi connectivity index (χ1v) is 11.0. The molecule has 0 atom stereocenters. The summed E-state index contributed by atoms with van der Waals surface area (Å²) in [5, 5.41) is 15.1. The van der Waals surface area contributed by atoms with Gasteiger partial charge in [0.15, 0.2) is 5.82 Å². The highest BCUT2D eigenvalue weighted by atomic mass is 35.5. The zero-order chi connectivity index (χ0) is 21.8. The fourth-order valence-corrected chi connectivity index (χ4v) is 3.78. The molecule has 2 aromatic carbocycles. The van der Waals surface area contributed by atoms with Gasteiger partial charge < -0.3 is 15.5 Å². The molecule has 8 heteroatoms. The molecule has 1 aliphatic heterocycles. The number of piperidine rings is 1. The molecule has 3 aromatic rings. The van der Waals surface area contributed by atoms with Gasteiger partial charge >= 0.3 is 6.03 Å². The van der Waals surface area contributed by atoms with Gasteiger partial charge in [-0.1, -0.05) is 42.3 Å². The van der Waals surface area contributed by atoms with E-state index < -0.39 is 0 Å². The number of carbonyl (C=O) groups is 1. The zero-order valence-corrected chi connectivity index (χ0v) is 18.6. The maximum atomic E-state index is 12.2. The van der Waals surface area contributed by atoms with Crippen LogP contribution >= 0.6 is 23.2 Å². The SMILES string of the molecule is CC1CCN(c2ccc(-c3ccc(NC(=O)Nc4ccc(Cl)c(Cl)c4)cc3)nn2)CC1. The van der Waals surface area contributed by atoms with Gasteiger partial charge in [0.05, 0.1) is 15.7 Å². The van der Waals surface area contributed by atoms with Crippen LogP contribution in [0.4, 0.5) is 22.0 Å². The van der Waals surface area contributed by atoms with Gasteiger partial charge in [-0.15, -0.1) is 10.2 Å². The lowest BCUT2D eigenvalue weighted by atomic mass is 9.99. The number of anilines is 3. The Morgan fingerprint density at radius 1 is 0.903 bits per heavy atom. The van der Waals surface area contributed by atoms with Gasteiger partial charge in [0, 0.05) is 30.0 Å². The zero-order valence-electron chi connectivity index (χ0n) is 17.1. The Kier molecular flexibility index (Phi) is 6.59. The summed E-state index contributed by atoms with van der Waals surface area (Å²) in [5.41, 5.74) is 2.94. The van der Waals surface area contributed by atoms with Crippen molar-refractivity contribution in [2.24, 2.45) is 5.92 Å². The summed E-state index contributed by atoms with van der Waals surface area (Å²) in [4.78, 5) is 14.5. The first kappa shape index (κ1) is 21.4. The van der Waals surface area contributed by atoms with E-state index in [1.54, 1.807) is 18.2 Å². The minimum Gasteiger partial charge on any atom is -0.355 e. The van der Waals surface area contributed by atoms with Crippen molar-refractivity contribution < 1.29 is 4.79 Å². The van der Waals surface area contributed by atoms with Crippen LogP contribution in [-0.2, 0) is 0 Å². The summed E-state index contributed by atoms with van der Waals surface area (Å²) < 4.78 is 0. The number of urea groups is 1. The van der Waals surface area contributed by atoms with E-state index in [0.29, 0.717) is 21.4 Å². The average molecular weight is 456 g/mol. The summed E-state index contributed by atoms with van der Waals surface area (Å²) in [6, 6.07) is 16.0. The maximum absolute atomic E-state index is 12.2. The van der Waals surface area contributed by atoms with Gasteiger partial charge in [-0.05, 0) is 61.2 Å². The third kappa shape index (κ3) is 5.46. The van der Waals surface area contributed by atoms with E-state index in [0.717, 1.165) is 36.1 Å². The smallest absolute Gasteiger partial charge is 0.323 e. The molecule has 0 spiro atoms. The van der Waals surface area contributed by atoms with E-state index in [1.165, 1.54) is 12.8 Å². The standard InChI is InChI=1S/C23H23Cl2N5O/c1-15-10-12-30(13-11-15)22-9-8-21(28-29-22)16-2-4-17(5-3-16)26-23(31)27-18-6-7-19(24)20(25)14-18/h2-9,14-15H,10-13H2,1H3,(H2,26,27,31). The Hall–Kier alpha value is -2.83. The molecule has 0 aliphatic carbocycles. The Bertz CT molecular complexity index is 1050. The molecule has 1 aliphatic rings. The number of nitrogens with zero attached hydrogens (tertiary/aromatic N) is 3. The minimum atomic E-state index is -0.369. The van der Waals surface area contributed by atoms with Crippen molar-refractivity contribution in [1.82, 2.24) is 10.2 Å². The molecule has 0 radical (unpaired) electrons. The lowest BCUT2D eigenvalue weighted by Crippen LogP contribution is -2.33. The van der Waals surface area contributed by atoms with Crippen LogP contribution in [0.15, 0.2) is 54.6 Å². The molecule has 1 fully saturated rings. The second-order valence-corrected chi connectivity index (χ2v) is 8.55. The Balaban J connectivity index is 1.36. The molecule has 0 saturated carbocycles. The van der Waals surface area contributed by atoms with Crippen LogP contribution in [-0.4, -0.2) is 29.3 Å². The van der Waals surface area contributed by atoms with E-state index >= 15 is 0 Å². The molecule has 6 nitrogen and oxygen atoms in total. The van der Waals surface area contributed by atoms with Crippen molar-refractivity contribution in [3.05, 3.63) is 64.6 Å². The fraction of sp³-hybridized carbons (Fsp3) is 0.261. The largest absolute Gasteiger partial charge is 0.355 e. The fourth-order valence-electron chi connectivity index (χ4n) is 3.48. The predicted molar refractivity (Wildman–Crippen MR) is 127 cm³/mol. The third-order valence-corrected chi connectivity index (χ3v) is 6.11. The van der Waals surface area contributed by atoms with Crippen LogP contribution in [0.3, 0.4) is 0 Å². The molecule has 2 heterocycles. The molecule has 1 aromatic heterocycles. The van der Waals surface area contributed by atoms with Crippen LogP contribution in [0.25, 0.3) is 11.3 Å². The van der Waals surface area contributed by atoms with Crippen molar-refractivity contribution in [2.75, 3.05) is 28.6 Å². The van der Waals surface area contributed by atoms with Gasteiger partial charge in [-0.2, -0.15) is 0 Å². The quantitative estimate of drug-likeness (QED) is 0.481. The molecular weight excluding hydrogens is 433 g/mol. The Morgan fingerprint density at radius 3 is 2.23 bits per heavy atom. The number of nitrogens with one attached hydrogen (secondary N) is 2. The molecule has 0 bridgehead atoms. The number of rotatable bonds is 4. The number of hydrogen-bond acceptors (Lipinski definition) is 4. The molecule has 2 N–H and O–H groups in total. The number of halogens is 2. The number of benzene rings is 2. The van der Waals surface area contributed by atoms with E-state index in [4.69, 9.17) is 23.2 Å².